The molecular formula is C19H17F9N4O5. The summed E-state index contributed by atoms with van der Waals surface area (Å²) in [5.74, 6) is -6.13. The molecule has 2 aromatic heterocycles. The molecule has 0 aliphatic carbocycles. The molecule has 2 aromatic rings. The van der Waals surface area contributed by atoms with Gasteiger partial charge in [-0.2, -0.15) is 39.5 Å². The van der Waals surface area contributed by atoms with Crippen LogP contribution in [0.5, 0.6) is 5.88 Å². The number of esters is 1. The number of hydrogen-bond acceptors (Lipinski definition) is 9. The molecule has 9 nitrogen and oxygen atoms in total. The van der Waals surface area contributed by atoms with Crippen LogP contribution in [-0.2, 0) is 21.3 Å². The summed E-state index contributed by atoms with van der Waals surface area (Å²) in [6, 6.07) is 0.331. The number of hydrogen-bond donors (Lipinski definition) is 2. The summed E-state index contributed by atoms with van der Waals surface area (Å²) >= 11 is 0. The van der Waals surface area contributed by atoms with Gasteiger partial charge in [-0.3, -0.25) is 0 Å². The zero-order valence-corrected chi connectivity index (χ0v) is 18.5. The summed E-state index contributed by atoms with van der Waals surface area (Å²) in [6.45, 7) is 1.11. The van der Waals surface area contributed by atoms with E-state index in [-0.39, 0.29) is 0 Å². The summed E-state index contributed by atoms with van der Waals surface area (Å²) in [4.78, 5) is 14.9. The maximum absolute atomic E-state index is 13.8. The van der Waals surface area contributed by atoms with Crippen LogP contribution in [0.2, 0.25) is 0 Å². The SMILES string of the molecule is C[C@@H]1CC(OC(=O)C(F)(F)F)CCC[C@](O)(C(F)(F)F)c2nnc(o2)-c2nc(c(C(F)(F)F)cc2N)O1. The fraction of sp³-hybridized carbons (Fsp3) is 0.579. The number of nitrogen functional groups attached to an aromatic ring is 1. The van der Waals surface area contributed by atoms with E-state index >= 15 is 0 Å². The van der Waals surface area contributed by atoms with Gasteiger partial charge in [-0.05, 0) is 32.3 Å². The standard InChI is InChI=1S/C19H17F9N4O5/c1-7-5-8(36-15(33)18(23,24)25)3-2-4-16(34,19(26,27)28)14-32-31-13(37-14)11-10(29)6-9(17(20,21)22)12(30-11)35-7/h6-8,34H,2-5,29H2,1H3/t7-,8?,16-/m1/s1. The average molecular weight is 552 g/mol. The number of carbonyl (C=O) groups is 1. The number of pyridine rings is 1. The van der Waals surface area contributed by atoms with Gasteiger partial charge in [-0.15, -0.1) is 10.2 Å². The molecule has 3 N–H and O–H groups in total. The van der Waals surface area contributed by atoms with Crippen molar-refractivity contribution < 1.29 is 63.3 Å². The number of aromatic nitrogens is 3. The molecule has 3 atom stereocenters. The summed E-state index contributed by atoms with van der Waals surface area (Å²) in [5, 5.41) is 16.8. The van der Waals surface area contributed by atoms with E-state index in [0.29, 0.717) is 6.07 Å². The van der Waals surface area contributed by atoms with Crippen molar-refractivity contribution in [1.82, 2.24) is 15.2 Å². The normalized spacial score (nSPS) is 23.6. The van der Waals surface area contributed by atoms with Gasteiger partial charge in [0.05, 0.1) is 5.69 Å². The van der Waals surface area contributed by atoms with Crippen molar-refractivity contribution in [3.8, 4) is 17.5 Å². The second kappa shape index (κ2) is 9.53. The van der Waals surface area contributed by atoms with Crippen LogP contribution in [0.4, 0.5) is 45.2 Å². The molecule has 37 heavy (non-hydrogen) atoms. The van der Waals surface area contributed by atoms with E-state index < -0.39 is 103 Å². The van der Waals surface area contributed by atoms with Gasteiger partial charge < -0.3 is 24.7 Å². The fourth-order valence-electron chi connectivity index (χ4n) is 3.47. The second-order valence-corrected chi connectivity index (χ2v) is 8.13. The molecular weight excluding hydrogens is 535 g/mol. The third-order valence-electron chi connectivity index (χ3n) is 5.25. The van der Waals surface area contributed by atoms with Crippen LogP contribution < -0.4 is 10.5 Å². The molecule has 18 heteroatoms. The van der Waals surface area contributed by atoms with Gasteiger partial charge in [0.15, 0.2) is 5.69 Å². The highest BCUT2D eigenvalue weighted by molar-refractivity contribution is 5.75. The smallest absolute Gasteiger partial charge is 0.474 e. The van der Waals surface area contributed by atoms with Crippen molar-refractivity contribution in [2.75, 3.05) is 5.73 Å². The molecule has 3 heterocycles. The van der Waals surface area contributed by atoms with Crippen molar-refractivity contribution >= 4 is 11.7 Å². The van der Waals surface area contributed by atoms with E-state index in [0.717, 1.165) is 6.92 Å². The van der Waals surface area contributed by atoms with Crippen molar-refractivity contribution in [2.45, 2.75) is 68.9 Å². The molecule has 1 aliphatic heterocycles. The lowest BCUT2D eigenvalue weighted by Crippen LogP contribution is -2.43. The number of aliphatic hydroxyl groups is 1. The summed E-state index contributed by atoms with van der Waals surface area (Å²) in [6.07, 6.45) is -22.4. The van der Waals surface area contributed by atoms with E-state index in [1.807, 2.05) is 0 Å². The minimum Gasteiger partial charge on any atom is -0.474 e. The van der Waals surface area contributed by atoms with Crippen LogP contribution in [0.15, 0.2) is 10.5 Å². The molecule has 3 rings (SSSR count). The summed E-state index contributed by atoms with van der Waals surface area (Å²) in [5.41, 5.74) is -1.22. The molecule has 0 radical (unpaired) electrons. The van der Waals surface area contributed by atoms with Crippen LogP contribution in [0.25, 0.3) is 11.6 Å². The Morgan fingerprint density at radius 1 is 1.16 bits per heavy atom. The molecule has 0 spiro atoms. The molecule has 4 bridgehead atoms. The number of alkyl halides is 9. The first kappa shape index (κ1) is 28.3. The predicted molar refractivity (Wildman–Crippen MR) is 101 cm³/mol. The topological polar surface area (TPSA) is 134 Å². The van der Waals surface area contributed by atoms with Crippen molar-refractivity contribution in [3.05, 3.63) is 17.5 Å². The highest BCUT2D eigenvalue weighted by Gasteiger charge is 2.58. The zero-order valence-electron chi connectivity index (χ0n) is 18.5. The maximum atomic E-state index is 13.8. The summed E-state index contributed by atoms with van der Waals surface area (Å²) < 4.78 is 135. The van der Waals surface area contributed by atoms with Gasteiger partial charge in [-0.1, -0.05) is 0 Å². The minimum absolute atomic E-state index is 0.331. The van der Waals surface area contributed by atoms with Crippen LogP contribution in [0.3, 0.4) is 0 Å². The second-order valence-electron chi connectivity index (χ2n) is 8.13. The molecule has 1 unspecified atom stereocenters. The predicted octanol–water partition coefficient (Wildman–Crippen LogP) is 4.30. The number of nitrogens with zero attached hydrogens (tertiary/aromatic N) is 3. The van der Waals surface area contributed by atoms with Crippen LogP contribution in [-0.4, -0.2) is 50.8 Å². The minimum atomic E-state index is -5.47. The molecule has 0 amide bonds. The number of halogens is 9. The van der Waals surface area contributed by atoms with E-state index in [1.165, 1.54) is 0 Å². The van der Waals surface area contributed by atoms with E-state index in [4.69, 9.17) is 14.9 Å². The van der Waals surface area contributed by atoms with Gasteiger partial charge >= 0.3 is 24.5 Å². The van der Waals surface area contributed by atoms with Crippen LogP contribution >= 0.6 is 0 Å². The quantitative estimate of drug-likeness (QED) is 0.393. The first-order valence-corrected chi connectivity index (χ1v) is 10.3. The monoisotopic (exact) mass is 552 g/mol. The van der Waals surface area contributed by atoms with Gasteiger partial charge in [0.1, 0.15) is 17.8 Å². The Balaban J connectivity index is 2.14. The van der Waals surface area contributed by atoms with Crippen LogP contribution in [0, 0.1) is 0 Å². The number of fused-ring (bicyclic) bond motifs is 5. The van der Waals surface area contributed by atoms with Gasteiger partial charge in [0.25, 0.3) is 11.8 Å². The number of anilines is 1. The Morgan fingerprint density at radius 2 is 1.81 bits per heavy atom. The Morgan fingerprint density at radius 3 is 2.38 bits per heavy atom. The van der Waals surface area contributed by atoms with E-state index in [1.54, 1.807) is 0 Å². The zero-order chi connectivity index (χ0) is 28.0. The van der Waals surface area contributed by atoms with Gasteiger partial charge in [0, 0.05) is 6.42 Å². The third-order valence-corrected chi connectivity index (χ3v) is 5.25. The van der Waals surface area contributed by atoms with E-state index in [2.05, 4.69) is 19.9 Å². The van der Waals surface area contributed by atoms with Crippen molar-refractivity contribution in [2.24, 2.45) is 0 Å². The number of nitrogens with two attached hydrogens (primary N) is 1. The molecule has 1 aliphatic rings. The lowest BCUT2D eigenvalue weighted by molar-refractivity contribution is -0.277. The number of rotatable bonds is 1. The molecule has 0 saturated heterocycles. The largest absolute Gasteiger partial charge is 0.490 e. The highest BCUT2D eigenvalue weighted by Crippen LogP contribution is 2.44. The molecule has 0 aromatic carbocycles. The number of carbonyl (C=O) groups excluding carboxylic acids is 1. The molecule has 206 valence electrons. The lowest BCUT2D eigenvalue weighted by Gasteiger charge is -2.28. The van der Waals surface area contributed by atoms with Gasteiger partial charge in [0.2, 0.25) is 11.5 Å². The van der Waals surface area contributed by atoms with Crippen LogP contribution in [0.1, 0.15) is 44.1 Å². The Labute approximate surface area is 200 Å². The Kier molecular flexibility index (Phi) is 7.28. The third kappa shape index (κ3) is 5.99. The van der Waals surface area contributed by atoms with Crippen molar-refractivity contribution in [1.29, 1.82) is 0 Å². The Bertz CT molecular complexity index is 1150. The Hall–Kier alpha value is -3.31. The first-order valence-electron chi connectivity index (χ1n) is 10.3. The molecule has 0 saturated carbocycles. The highest BCUT2D eigenvalue weighted by atomic mass is 19.4. The molecule has 0 fully saturated rings. The first-order chi connectivity index (χ1) is 16.8. The average Bonchev–Trinajstić information content (AvgIpc) is 3.22. The fourth-order valence-corrected chi connectivity index (χ4v) is 3.47. The maximum Gasteiger partial charge on any atom is 0.490 e. The summed E-state index contributed by atoms with van der Waals surface area (Å²) in [7, 11) is 0. The van der Waals surface area contributed by atoms with E-state index in [9.17, 15) is 49.4 Å². The van der Waals surface area contributed by atoms with Gasteiger partial charge in [-0.25, -0.2) is 9.78 Å². The number of ether oxygens (including phenoxy) is 2. The van der Waals surface area contributed by atoms with Crippen molar-refractivity contribution in [3.63, 3.8) is 0 Å². The lowest BCUT2D eigenvalue weighted by atomic mass is 9.93.